The smallest absolute Gasteiger partial charge is 0.319 e. The van der Waals surface area contributed by atoms with Crippen molar-refractivity contribution in [2.75, 3.05) is 45.2 Å². The molecule has 0 spiro atoms. The number of hydrogen-bond acceptors (Lipinski definition) is 8. The Hall–Kier alpha value is -4.82. The molecule has 254 valence electrons. The number of terminal acetylenes is 1. The van der Waals surface area contributed by atoms with E-state index >= 15 is 4.39 Å². The minimum atomic E-state index is -0.783. The molecule has 3 fully saturated rings. The van der Waals surface area contributed by atoms with Gasteiger partial charge in [-0.15, -0.1) is 6.42 Å². The molecule has 2 saturated heterocycles. The van der Waals surface area contributed by atoms with Crippen molar-refractivity contribution in [1.82, 2.24) is 24.8 Å². The lowest BCUT2D eigenvalue weighted by Gasteiger charge is -2.41. The fourth-order valence-electron chi connectivity index (χ4n) is 8.50. The van der Waals surface area contributed by atoms with Crippen LogP contribution in [0, 0.1) is 24.0 Å². The van der Waals surface area contributed by atoms with E-state index in [9.17, 15) is 14.3 Å². The van der Waals surface area contributed by atoms with Crippen LogP contribution >= 0.6 is 0 Å². The highest BCUT2D eigenvalue weighted by Gasteiger charge is 2.45. The van der Waals surface area contributed by atoms with Gasteiger partial charge in [0.2, 0.25) is 5.91 Å². The quantitative estimate of drug-likeness (QED) is 0.167. The monoisotopic (exact) mass is 666 g/mol. The van der Waals surface area contributed by atoms with E-state index in [0.717, 1.165) is 64.5 Å². The number of phenols is 1. The number of benzene rings is 2. The minimum absolute atomic E-state index is 0.0322. The van der Waals surface area contributed by atoms with Crippen molar-refractivity contribution in [3.05, 3.63) is 60.3 Å². The van der Waals surface area contributed by atoms with Crippen molar-refractivity contribution in [2.24, 2.45) is 0 Å². The van der Waals surface area contributed by atoms with Crippen molar-refractivity contribution in [3.8, 4) is 35.4 Å². The summed E-state index contributed by atoms with van der Waals surface area (Å²) in [6.45, 7) is 6.55. The summed E-state index contributed by atoms with van der Waals surface area (Å²) in [4.78, 5) is 32.9. The Bertz CT molecular complexity index is 2010. The molecule has 2 aromatic carbocycles. The highest BCUT2D eigenvalue weighted by atomic mass is 19.1. The van der Waals surface area contributed by atoms with Gasteiger partial charge in [0.15, 0.2) is 5.82 Å². The molecule has 4 heterocycles. The molecule has 1 N–H and O–H groups in total. The second-order valence-corrected chi connectivity index (χ2v) is 13.8. The van der Waals surface area contributed by atoms with Crippen LogP contribution in [-0.4, -0.2) is 87.2 Å². The first-order valence-corrected chi connectivity index (χ1v) is 16.9. The molecule has 1 saturated carbocycles. The fraction of sp³-hybridized carbons (Fsp3) is 0.421. The third-order valence-corrected chi connectivity index (χ3v) is 11.0. The van der Waals surface area contributed by atoms with E-state index < -0.39 is 17.2 Å². The topological polar surface area (TPSA) is 94.9 Å². The van der Waals surface area contributed by atoms with E-state index in [1.54, 1.807) is 11.9 Å². The number of nitrogens with zero attached hydrogens (tertiary/aromatic N) is 6. The summed E-state index contributed by atoms with van der Waals surface area (Å²) in [5, 5.41) is 11.6. The van der Waals surface area contributed by atoms with Crippen LogP contribution in [0.4, 0.5) is 14.6 Å². The highest BCUT2D eigenvalue weighted by Crippen LogP contribution is 2.42. The summed E-state index contributed by atoms with van der Waals surface area (Å²) in [5.74, 6) is 1.05. The average Bonchev–Trinajstić information content (AvgIpc) is 3.83. The van der Waals surface area contributed by atoms with Crippen LogP contribution in [0.2, 0.25) is 0 Å². The number of rotatable bonds is 9. The van der Waals surface area contributed by atoms with Crippen LogP contribution in [-0.2, 0) is 4.79 Å². The zero-order valence-corrected chi connectivity index (χ0v) is 27.9. The standard InChI is InChI=1S/C38H40F2N6O3/c1-5-26-29(39)12-11-24-19-25(47)20-27(31(24)26)33-32(40)34-28(21-41-33)35(44(3)22-37(13-7-8-14-37)45(4)30(48)6-2)43-36(42-34)49-23-38-15-9-17-46(38)18-10-16-38/h1,6,11-12,19-21,47H,2,7-10,13-18,22-23H2,3-4H3. The number of aromatic hydroxyl groups is 1. The molecular weight excluding hydrogens is 626 g/mol. The first kappa shape index (κ1) is 32.7. The third kappa shape index (κ3) is 5.52. The molecule has 0 radical (unpaired) electrons. The minimum Gasteiger partial charge on any atom is -0.508 e. The summed E-state index contributed by atoms with van der Waals surface area (Å²) in [6.07, 6.45) is 16.3. The zero-order valence-electron chi connectivity index (χ0n) is 27.9. The first-order chi connectivity index (χ1) is 23.6. The normalized spacial score (nSPS) is 18.0. The molecule has 2 aliphatic heterocycles. The molecule has 1 amide bonds. The van der Waals surface area contributed by atoms with Crippen molar-refractivity contribution in [2.45, 2.75) is 62.4 Å². The molecule has 49 heavy (non-hydrogen) atoms. The Labute approximate surface area is 284 Å². The molecule has 3 aliphatic rings. The average molecular weight is 667 g/mol. The number of amides is 1. The molecule has 7 rings (SSSR count). The number of hydrogen-bond donors (Lipinski definition) is 1. The lowest BCUT2D eigenvalue weighted by Crippen LogP contribution is -2.54. The van der Waals surface area contributed by atoms with Gasteiger partial charge in [-0.2, -0.15) is 9.97 Å². The fourth-order valence-corrected chi connectivity index (χ4v) is 8.50. The largest absolute Gasteiger partial charge is 0.508 e. The van der Waals surface area contributed by atoms with Crippen molar-refractivity contribution < 1.29 is 23.4 Å². The number of halogens is 2. The number of carbonyl (C=O) groups excluding carboxylic acids is 1. The Kier molecular flexibility index (Phi) is 8.39. The SMILES string of the molecule is C#Cc1c(F)ccc2cc(O)cc(-c3ncc4c(N(C)CC5(N(C)C(=O)C=C)CCCC5)nc(OCC56CCCN5CCC6)nc4c3F)c12. The molecule has 11 heteroatoms. The van der Waals surface area contributed by atoms with Gasteiger partial charge < -0.3 is 19.6 Å². The Balaban J connectivity index is 1.37. The van der Waals surface area contributed by atoms with Crippen molar-refractivity contribution in [1.29, 1.82) is 0 Å². The molecular formula is C38H40F2N6O3. The van der Waals surface area contributed by atoms with Gasteiger partial charge in [-0.1, -0.05) is 31.4 Å². The number of carbonyl (C=O) groups is 1. The summed E-state index contributed by atoms with van der Waals surface area (Å²) in [5.41, 5.74) is -0.668. The molecule has 9 nitrogen and oxygen atoms in total. The van der Waals surface area contributed by atoms with Gasteiger partial charge in [0.05, 0.1) is 22.0 Å². The summed E-state index contributed by atoms with van der Waals surface area (Å²) < 4.78 is 38.2. The maximum Gasteiger partial charge on any atom is 0.319 e. The second-order valence-electron chi connectivity index (χ2n) is 13.8. The molecule has 1 aliphatic carbocycles. The van der Waals surface area contributed by atoms with Crippen LogP contribution in [0.15, 0.2) is 43.1 Å². The van der Waals surface area contributed by atoms with Gasteiger partial charge in [-0.3, -0.25) is 14.7 Å². The predicted molar refractivity (Wildman–Crippen MR) is 185 cm³/mol. The van der Waals surface area contributed by atoms with Crippen molar-refractivity contribution >= 4 is 33.4 Å². The van der Waals surface area contributed by atoms with Gasteiger partial charge in [-0.05, 0) is 81.3 Å². The van der Waals surface area contributed by atoms with E-state index in [-0.39, 0.29) is 50.9 Å². The molecule has 0 bridgehead atoms. The lowest BCUT2D eigenvalue weighted by molar-refractivity contribution is -0.129. The van der Waals surface area contributed by atoms with Gasteiger partial charge in [0.25, 0.3) is 0 Å². The number of aromatic nitrogens is 3. The Morgan fingerprint density at radius 2 is 1.86 bits per heavy atom. The third-order valence-electron chi connectivity index (χ3n) is 11.0. The van der Waals surface area contributed by atoms with E-state index in [0.29, 0.717) is 29.7 Å². The maximum absolute atomic E-state index is 17.0. The van der Waals surface area contributed by atoms with Gasteiger partial charge in [0.1, 0.15) is 35.2 Å². The second kappa shape index (κ2) is 12.6. The van der Waals surface area contributed by atoms with Gasteiger partial charge >= 0.3 is 6.01 Å². The van der Waals surface area contributed by atoms with E-state index in [1.165, 1.54) is 36.5 Å². The van der Waals surface area contributed by atoms with Crippen LogP contribution in [0.3, 0.4) is 0 Å². The number of likely N-dealkylation sites (N-methyl/N-ethyl adjacent to an activating group) is 2. The number of anilines is 1. The van der Waals surface area contributed by atoms with E-state index in [2.05, 4.69) is 27.4 Å². The summed E-state index contributed by atoms with van der Waals surface area (Å²) in [7, 11) is 3.66. The predicted octanol–water partition coefficient (Wildman–Crippen LogP) is 6.21. The molecule has 4 aromatic rings. The molecule has 0 unspecified atom stereocenters. The molecule has 2 aromatic heterocycles. The zero-order chi connectivity index (χ0) is 34.5. The van der Waals surface area contributed by atoms with E-state index in [1.807, 2.05) is 11.9 Å². The van der Waals surface area contributed by atoms with Crippen LogP contribution < -0.4 is 9.64 Å². The lowest BCUT2D eigenvalue weighted by atomic mass is 9.94. The van der Waals surface area contributed by atoms with E-state index in [4.69, 9.17) is 16.1 Å². The number of ether oxygens (including phenoxy) is 1. The van der Waals surface area contributed by atoms with Crippen LogP contribution in [0.1, 0.15) is 56.9 Å². The summed E-state index contributed by atoms with van der Waals surface area (Å²) in [6, 6.07) is 5.51. The van der Waals surface area contributed by atoms with Gasteiger partial charge in [-0.25, -0.2) is 8.78 Å². The van der Waals surface area contributed by atoms with Crippen LogP contribution in [0.25, 0.3) is 32.9 Å². The highest BCUT2D eigenvalue weighted by molar-refractivity contribution is 6.03. The Morgan fingerprint density at radius 3 is 2.55 bits per heavy atom. The van der Waals surface area contributed by atoms with Gasteiger partial charge in [0, 0.05) is 37.8 Å². The number of pyridine rings is 1. The number of phenolic OH excluding ortho intramolecular Hbond substituents is 1. The first-order valence-electron chi connectivity index (χ1n) is 16.9. The number of fused-ring (bicyclic) bond motifs is 3. The summed E-state index contributed by atoms with van der Waals surface area (Å²) >= 11 is 0. The maximum atomic E-state index is 17.0. The Morgan fingerprint density at radius 1 is 1.12 bits per heavy atom. The molecule has 0 atom stereocenters. The van der Waals surface area contributed by atoms with Crippen LogP contribution in [0.5, 0.6) is 11.8 Å². The van der Waals surface area contributed by atoms with Crippen molar-refractivity contribution in [3.63, 3.8) is 0 Å².